The van der Waals surface area contributed by atoms with E-state index < -0.39 is 36.5 Å². The second-order valence-electron chi connectivity index (χ2n) is 3.38. The van der Waals surface area contributed by atoms with Gasteiger partial charge in [-0.3, -0.25) is 0 Å². The standard InChI is InChI=1S/C7H7F9O/c1-2(5(8,9)10)3(6(11,12)13)4(17)7(14,15)16/h2-4,17H,1H3. The summed E-state index contributed by atoms with van der Waals surface area (Å²) in [4.78, 5) is 0. The zero-order chi connectivity index (χ0) is 14.2. The van der Waals surface area contributed by atoms with Crippen molar-refractivity contribution in [1.29, 1.82) is 0 Å². The smallest absolute Gasteiger partial charge is 0.383 e. The Balaban J connectivity index is 5.32. The Morgan fingerprint density at radius 3 is 1.24 bits per heavy atom. The largest absolute Gasteiger partial charge is 0.414 e. The van der Waals surface area contributed by atoms with Gasteiger partial charge in [-0.2, -0.15) is 39.5 Å². The Labute approximate surface area is 89.2 Å². The van der Waals surface area contributed by atoms with E-state index in [1.54, 1.807) is 0 Å². The van der Waals surface area contributed by atoms with Crippen molar-refractivity contribution in [2.24, 2.45) is 11.8 Å². The van der Waals surface area contributed by atoms with Crippen LogP contribution in [-0.4, -0.2) is 29.7 Å². The molecule has 0 aliphatic heterocycles. The molecule has 0 fully saturated rings. The summed E-state index contributed by atoms with van der Waals surface area (Å²) in [6.45, 7) is -0.0624. The second kappa shape index (κ2) is 4.54. The zero-order valence-corrected chi connectivity index (χ0v) is 8.08. The number of aliphatic hydroxyl groups is 1. The third-order valence-corrected chi connectivity index (χ3v) is 2.11. The molecular formula is C7H7F9O. The highest BCUT2D eigenvalue weighted by Crippen LogP contribution is 2.45. The van der Waals surface area contributed by atoms with E-state index >= 15 is 0 Å². The second-order valence-corrected chi connectivity index (χ2v) is 3.38. The molecule has 0 saturated heterocycles. The molecule has 0 aliphatic rings. The SMILES string of the molecule is CC(C(C(O)C(F)(F)F)C(F)(F)F)C(F)(F)F. The minimum Gasteiger partial charge on any atom is -0.383 e. The highest BCUT2D eigenvalue weighted by molar-refractivity contribution is 4.87. The molecule has 104 valence electrons. The molecule has 3 atom stereocenters. The van der Waals surface area contributed by atoms with Gasteiger partial charge in [-0.1, -0.05) is 6.92 Å². The van der Waals surface area contributed by atoms with Crippen molar-refractivity contribution in [2.45, 2.75) is 31.6 Å². The molecule has 0 saturated carbocycles. The van der Waals surface area contributed by atoms with Gasteiger partial charge in [0.25, 0.3) is 0 Å². The molecule has 10 heteroatoms. The molecule has 0 spiro atoms. The normalized spacial score (nSPS) is 19.9. The predicted octanol–water partition coefficient (Wildman–Crippen LogP) is 3.29. The van der Waals surface area contributed by atoms with Crippen molar-refractivity contribution in [1.82, 2.24) is 0 Å². The van der Waals surface area contributed by atoms with E-state index in [1.165, 1.54) is 0 Å². The molecule has 17 heavy (non-hydrogen) atoms. The van der Waals surface area contributed by atoms with Gasteiger partial charge in [0.2, 0.25) is 0 Å². The van der Waals surface area contributed by atoms with Crippen LogP contribution in [0.5, 0.6) is 0 Å². The first-order valence-corrected chi connectivity index (χ1v) is 4.07. The Kier molecular flexibility index (Phi) is 4.36. The van der Waals surface area contributed by atoms with E-state index in [4.69, 9.17) is 5.11 Å². The third kappa shape index (κ3) is 4.25. The van der Waals surface area contributed by atoms with E-state index in [-0.39, 0.29) is 6.92 Å². The molecule has 0 aromatic rings. The molecule has 0 aromatic carbocycles. The molecule has 1 nitrogen and oxygen atoms in total. The Morgan fingerprint density at radius 2 is 1.06 bits per heavy atom. The van der Waals surface area contributed by atoms with Gasteiger partial charge in [-0.05, 0) is 0 Å². The van der Waals surface area contributed by atoms with Crippen LogP contribution in [0.25, 0.3) is 0 Å². The number of aliphatic hydroxyl groups excluding tert-OH is 1. The topological polar surface area (TPSA) is 20.2 Å². The fraction of sp³-hybridized carbons (Fsp3) is 1.00. The summed E-state index contributed by atoms with van der Waals surface area (Å²) in [6.07, 6.45) is -21.2. The van der Waals surface area contributed by atoms with Crippen LogP contribution >= 0.6 is 0 Å². The maximum absolute atomic E-state index is 12.1. The van der Waals surface area contributed by atoms with Crippen LogP contribution < -0.4 is 0 Å². The van der Waals surface area contributed by atoms with Gasteiger partial charge in [0.1, 0.15) is 5.92 Å². The lowest BCUT2D eigenvalue weighted by Gasteiger charge is -2.32. The minimum atomic E-state index is -5.82. The van der Waals surface area contributed by atoms with Crippen molar-refractivity contribution < 1.29 is 44.6 Å². The highest BCUT2D eigenvalue weighted by Gasteiger charge is 2.61. The van der Waals surface area contributed by atoms with Crippen LogP contribution in [-0.2, 0) is 0 Å². The summed E-state index contributed by atoms with van der Waals surface area (Å²) < 4.78 is 108. The molecule has 0 bridgehead atoms. The van der Waals surface area contributed by atoms with Crippen LogP contribution in [0.3, 0.4) is 0 Å². The summed E-state index contributed by atoms with van der Waals surface area (Å²) in [5.74, 6) is -7.30. The molecule has 0 rings (SSSR count). The van der Waals surface area contributed by atoms with E-state index in [9.17, 15) is 39.5 Å². The molecule has 0 radical (unpaired) electrons. The Bertz CT molecular complexity index is 230. The van der Waals surface area contributed by atoms with Crippen molar-refractivity contribution in [3.8, 4) is 0 Å². The van der Waals surface area contributed by atoms with E-state index in [2.05, 4.69) is 0 Å². The lowest BCUT2D eigenvalue weighted by molar-refractivity contribution is -0.312. The van der Waals surface area contributed by atoms with Crippen LogP contribution in [0, 0.1) is 11.8 Å². The van der Waals surface area contributed by atoms with Crippen LogP contribution in [0.1, 0.15) is 6.92 Å². The molecular weight excluding hydrogens is 271 g/mol. The van der Waals surface area contributed by atoms with E-state index in [1.807, 2.05) is 0 Å². The van der Waals surface area contributed by atoms with Crippen molar-refractivity contribution in [3.05, 3.63) is 0 Å². The number of rotatable bonds is 2. The fourth-order valence-electron chi connectivity index (χ4n) is 1.14. The van der Waals surface area contributed by atoms with Crippen LogP contribution in [0.2, 0.25) is 0 Å². The highest BCUT2D eigenvalue weighted by atomic mass is 19.4. The maximum Gasteiger partial charge on any atom is 0.414 e. The molecule has 1 N–H and O–H groups in total. The van der Waals surface area contributed by atoms with Gasteiger partial charge in [-0.15, -0.1) is 0 Å². The molecule has 3 unspecified atom stereocenters. The Morgan fingerprint density at radius 1 is 0.706 bits per heavy atom. The van der Waals surface area contributed by atoms with Gasteiger partial charge in [-0.25, -0.2) is 0 Å². The number of halogens is 9. The molecule has 0 heterocycles. The van der Waals surface area contributed by atoms with Crippen molar-refractivity contribution in [2.75, 3.05) is 0 Å². The average molecular weight is 278 g/mol. The summed E-state index contributed by atoms with van der Waals surface area (Å²) in [7, 11) is 0. The van der Waals surface area contributed by atoms with Gasteiger partial charge in [0.05, 0.1) is 5.92 Å². The first kappa shape index (κ1) is 16.3. The van der Waals surface area contributed by atoms with Crippen LogP contribution in [0.15, 0.2) is 0 Å². The summed E-state index contributed by atoms with van der Waals surface area (Å²) in [5.41, 5.74) is 0. The van der Waals surface area contributed by atoms with Crippen LogP contribution in [0.4, 0.5) is 39.5 Å². The first-order chi connectivity index (χ1) is 7.19. The number of alkyl halides is 9. The molecule has 0 amide bonds. The monoisotopic (exact) mass is 278 g/mol. The summed E-state index contributed by atoms with van der Waals surface area (Å²) in [5, 5.41) is 8.37. The quantitative estimate of drug-likeness (QED) is 0.768. The molecule has 0 aliphatic carbocycles. The lowest BCUT2D eigenvalue weighted by atomic mass is 9.87. The Hall–Kier alpha value is -0.670. The number of hydrogen-bond donors (Lipinski definition) is 1. The predicted molar refractivity (Wildman–Crippen MR) is 36.8 cm³/mol. The average Bonchev–Trinajstić information content (AvgIpc) is 1.97. The molecule has 0 aromatic heterocycles. The third-order valence-electron chi connectivity index (χ3n) is 2.11. The summed E-state index contributed by atoms with van der Waals surface area (Å²) in [6, 6.07) is 0. The minimum absolute atomic E-state index is 0.0624. The van der Waals surface area contributed by atoms with Gasteiger partial charge < -0.3 is 5.11 Å². The van der Waals surface area contributed by atoms with Gasteiger partial charge in [0.15, 0.2) is 6.10 Å². The number of hydrogen-bond acceptors (Lipinski definition) is 1. The van der Waals surface area contributed by atoms with E-state index in [0.29, 0.717) is 0 Å². The van der Waals surface area contributed by atoms with Crippen molar-refractivity contribution >= 4 is 0 Å². The van der Waals surface area contributed by atoms with Crippen molar-refractivity contribution in [3.63, 3.8) is 0 Å². The first-order valence-electron chi connectivity index (χ1n) is 4.07. The summed E-state index contributed by atoms with van der Waals surface area (Å²) >= 11 is 0. The van der Waals surface area contributed by atoms with Gasteiger partial charge in [0, 0.05) is 0 Å². The lowest BCUT2D eigenvalue weighted by Crippen LogP contribution is -2.50. The fourth-order valence-corrected chi connectivity index (χ4v) is 1.14. The zero-order valence-electron chi connectivity index (χ0n) is 8.08. The van der Waals surface area contributed by atoms with Gasteiger partial charge >= 0.3 is 18.5 Å². The maximum atomic E-state index is 12.1. The van der Waals surface area contributed by atoms with E-state index in [0.717, 1.165) is 0 Å².